The predicted octanol–water partition coefficient (Wildman–Crippen LogP) is 1.96. The number of carbonyl (C=O) groups excluding carboxylic acids is 3. The SMILES string of the molecule is CC(NC(=O)Nc1ccccc1)N1C(=O)C2C3C=CC(C3)C2C1=O. The number of nitrogens with zero attached hydrogens (tertiary/aromatic N) is 1. The zero-order valence-corrected chi connectivity index (χ0v) is 13.3. The van der Waals surface area contributed by atoms with E-state index in [1.807, 2.05) is 18.2 Å². The number of amides is 4. The van der Waals surface area contributed by atoms with Gasteiger partial charge in [0.1, 0.15) is 6.17 Å². The molecule has 2 fully saturated rings. The maximum absolute atomic E-state index is 12.7. The van der Waals surface area contributed by atoms with E-state index in [2.05, 4.69) is 22.8 Å². The monoisotopic (exact) mass is 325 g/mol. The highest BCUT2D eigenvalue weighted by molar-refractivity contribution is 6.07. The van der Waals surface area contributed by atoms with Gasteiger partial charge in [0.15, 0.2) is 0 Å². The van der Waals surface area contributed by atoms with Crippen molar-refractivity contribution in [3.05, 3.63) is 42.5 Å². The van der Waals surface area contributed by atoms with Crippen molar-refractivity contribution >= 4 is 23.5 Å². The first-order valence-corrected chi connectivity index (χ1v) is 8.24. The Labute approximate surface area is 139 Å². The Hall–Kier alpha value is -2.63. The van der Waals surface area contributed by atoms with Crippen LogP contribution in [0.4, 0.5) is 10.5 Å². The maximum Gasteiger partial charge on any atom is 0.320 e. The average Bonchev–Trinajstić information content (AvgIpc) is 3.22. The Morgan fingerprint density at radius 2 is 1.67 bits per heavy atom. The van der Waals surface area contributed by atoms with E-state index in [-0.39, 0.29) is 35.5 Å². The number of rotatable bonds is 3. The summed E-state index contributed by atoms with van der Waals surface area (Å²) in [5.74, 6) is -0.454. The number of anilines is 1. The summed E-state index contributed by atoms with van der Waals surface area (Å²) in [7, 11) is 0. The molecule has 3 aliphatic rings. The summed E-state index contributed by atoms with van der Waals surface area (Å²) in [4.78, 5) is 38.7. The fourth-order valence-electron chi connectivity index (χ4n) is 4.25. The van der Waals surface area contributed by atoms with Gasteiger partial charge in [0, 0.05) is 5.69 Å². The largest absolute Gasteiger partial charge is 0.320 e. The Morgan fingerprint density at radius 3 is 2.25 bits per heavy atom. The summed E-state index contributed by atoms with van der Waals surface area (Å²) in [6, 6.07) is 8.59. The standard InChI is InChI=1S/C18H19N3O3/c1-10(19-18(24)20-13-5-3-2-4-6-13)21-16(22)14-11-7-8-12(9-11)15(14)17(21)23/h2-8,10-12,14-15H,9H2,1H3,(H2,19,20,24). The van der Waals surface area contributed by atoms with Crippen LogP contribution < -0.4 is 10.6 Å². The smallest absolute Gasteiger partial charge is 0.317 e. The molecule has 2 aliphatic carbocycles. The van der Waals surface area contributed by atoms with Gasteiger partial charge in [-0.2, -0.15) is 0 Å². The van der Waals surface area contributed by atoms with Gasteiger partial charge in [-0.05, 0) is 37.3 Å². The molecule has 1 aliphatic heterocycles. The third kappa shape index (κ3) is 2.21. The molecule has 4 rings (SSSR count). The van der Waals surface area contributed by atoms with Crippen LogP contribution >= 0.6 is 0 Å². The summed E-state index contributed by atoms with van der Waals surface area (Å²) < 4.78 is 0. The molecule has 0 aromatic heterocycles. The van der Waals surface area contributed by atoms with Crippen LogP contribution in [0.15, 0.2) is 42.5 Å². The Bertz CT molecular complexity index is 700. The highest BCUT2D eigenvalue weighted by Crippen LogP contribution is 2.52. The molecular formula is C18H19N3O3. The van der Waals surface area contributed by atoms with Gasteiger partial charge in [-0.25, -0.2) is 4.79 Å². The highest BCUT2D eigenvalue weighted by Gasteiger charge is 2.60. The van der Waals surface area contributed by atoms with Gasteiger partial charge in [-0.1, -0.05) is 30.4 Å². The van der Waals surface area contributed by atoms with E-state index >= 15 is 0 Å². The van der Waals surface area contributed by atoms with Gasteiger partial charge >= 0.3 is 6.03 Å². The van der Waals surface area contributed by atoms with E-state index in [0.29, 0.717) is 5.69 Å². The van der Waals surface area contributed by atoms with E-state index in [0.717, 1.165) is 6.42 Å². The summed E-state index contributed by atoms with van der Waals surface area (Å²) >= 11 is 0. The van der Waals surface area contributed by atoms with E-state index in [4.69, 9.17) is 0 Å². The summed E-state index contributed by atoms with van der Waals surface area (Å²) in [6.07, 6.45) is 4.34. The topological polar surface area (TPSA) is 78.5 Å². The molecule has 24 heavy (non-hydrogen) atoms. The molecule has 6 nitrogen and oxygen atoms in total. The molecule has 1 aromatic carbocycles. The molecule has 4 amide bonds. The second kappa shape index (κ2) is 5.47. The number of carbonyl (C=O) groups is 3. The van der Waals surface area contributed by atoms with Crippen LogP contribution in [0.1, 0.15) is 13.3 Å². The van der Waals surface area contributed by atoms with Crippen LogP contribution in [-0.2, 0) is 9.59 Å². The van der Waals surface area contributed by atoms with Gasteiger partial charge < -0.3 is 10.6 Å². The second-order valence-electron chi connectivity index (χ2n) is 6.69. The van der Waals surface area contributed by atoms with E-state index in [1.165, 1.54) is 4.90 Å². The van der Waals surface area contributed by atoms with Gasteiger partial charge in [0.2, 0.25) is 11.8 Å². The van der Waals surface area contributed by atoms with Crippen molar-refractivity contribution < 1.29 is 14.4 Å². The lowest BCUT2D eigenvalue weighted by Gasteiger charge is -2.25. The van der Waals surface area contributed by atoms with Crippen LogP contribution in [0.3, 0.4) is 0 Å². The van der Waals surface area contributed by atoms with Gasteiger partial charge in [0.25, 0.3) is 0 Å². The number of urea groups is 1. The number of fused-ring (bicyclic) bond motifs is 5. The molecule has 2 bridgehead atoms. The molecule has 5 unspecified atom stereocenters. The molecule has 6 heteroatoms. The Morgan fingerprint density at radius 1 is 1.08 bits per heavy atom. The van der Waals surface area contributed by atoms with Crippen LogP contribution in [0, 0.1) is 23.7 Å². The minimum Gasteiger partial charge on any atom is -0.317 e. The van der Waals surface area contributed by atoms with Crippen LogP contribution in [0.5, 0.6) is 0 Å². The summed E-state index contributed by atoms with van der Waals surface area (Å²) in [5, 5.41) is 5.38. The number of para-hydroxylation sites is 1. The number of benzene rings is 1. The first kappa shape index (κ1) is 14.9. The fourth-order valence-corrected chi connectivity index (χ4v) is 4.25. The number of imide groups is 1. The summed E-state index contributed by atoms with van der Waals surface area (Å²) in [5.41, 5.74) is 0.653. The third-order valence-corrected chi connectivity index (χ3v) is 5.26. The predicted molar refractivity (Wildman–Crippen MR) is 87.6 cm³/mol. The van der Waals surface area contributed by atoms with Gasteiger partial charge in [-0.3, -0.25) is 14.5 Å². The lowest BCUT2D eigenvalue weighted by molar-refractivity contribution is -0.143. The van der Waals surface area contributed by atoms with Crippen molar-refractivity contribution in [2.45, 2.75) is 19.5 Å². The molecule has 2 N–H and O–H groups in total. The van der Waals surface area contributed by atoms with E-state index < -0.39 is 12.2 Å². The van der Waals surface area contributed by atoms with Crippen LogP contribution in [-0.4, -0.2) is 28.9 Å². The molecule has 0 spiro atoms. The molecule has 1 saturated carbocycles. The quantitative estimate of drug-likeness (QED) is 0.659. The molecule has 1 aromatic rings. The van der Waals surface area contributed by atoms with Crippen molar-refractivity contribution in [1.82, 2.24) is 10.2 Å². The second-order valence-corrected chi connectivity index (χ2v) is 6.69. The molecule has 1 saturated heterocycles. The maximum atomic E-state index is 12.7. The van der Waals surface area contributed by atoms with Crippen molar-refractivity contribution in [2.75, 3.05) is 5.32 Å². The Balaban J connectivity index is 1.44. The Kier molecular flexibility index (Phi) is 3.40. The first-order chi connectivity index (χ1) is 11.6. The van der Waals surface area contributed by atoms with E-state index in [1.54, 1.807) is 19.1 Å². The molecule has 5 atom stereocenters. The highest BCUT2D eigenvalue weighted by atomic mass is 16.2. The molecule has 0 radical (unpaired) electrons. The lowest BCUT2D eigenvalue weighted by atomic mass is 9.85. The minimum atomic E-state index is -0.668. The minimum absolute atomic E-state index is 0.158. The molecule has 124 valence electrons. The van der Waals surface area contributed by atoms with Crippen LogP contribution in [0.25, 0.3) is 0 Å². The molecular weight excluding hydrogens is 306 g/mol. The normalized spacial score (nSPS) is 31.3. The van der Waals surface area contributed by atoms with Crippen molar-refractivity contribution in [3.8, 4) is 0 Å². The van der Waals surface area contributed by atoms with Crippen molar-refractivity contribution in [2.24, 2.45) is 23.7 Å². The summed E-state index contributed by atoms with van der Waals surface area (Å²) in [6.45, 7) is 1.66. The zero-order valence-electron chi connectivity index (χ0n) is 13.3. The fraction of sp³-hybridized carbons (Fsp3) is 0.389. The molecule has 1 heterocycles. The zero-order chi connectivity index (χ0) is 16.8. The lowest BCUT2D eigenvalue weighted by Crippen LogP contribution is -2.51. The number of nitrogens with one attached hydrogen (secondary N) is 2. The number of likely N-dealkylation sites (tertiary alicyclic amines) is 1. The number of hydrogen-bond acceptors (Lipinski definition) is 3. The van der Waals surface area contributed by atoms with Gasteiger partial charge in [-0.15, -0.1) is 0 Å². The third-order valence-electron chi connectivity index (χ3n) is 5.26. The number of hydrogen-bond donors (Lipinski definition) is 2. The van der Waals surface area contributed by atoms with Crippen LogP contribution in [0.2, 0.25) is 0 Å². The number of allylic oxidation sites excluding steroid dienone is 2. The van der Waals surface area contributed by atoms with Crippen molar-refractivity contribution in [3.63, 3.8) is 0 Å². The van der Waals surface area contributed by atoms with Gasteiger partial charge in [0.05, 0.1) is 11.8 Å². The van der Waals surface area contributed by atoms with Crippen molar-refractivity contribution in [1.29, 1.82) is 0 Å². The van der Waals surface area contributed by atoms with E-state index in [9.17, 15) is 14.4 Å². The first-order valence-electron chi connectivity index (χ1n) is 8.24. The average molecular weight is 325 g/mol.